The number of ether oxygens (including phenoxy) is 4. The van der Waals surface area contributed by atoms with Crippen LogP contribution in [0.25, 0.3) is 21.5 Å². The van der Waals surface area contributed by atoms with Gasteiger partial charge in [0.1, 0.15) is 11.5 Å². The normalized spacial score (nSPS) is 10.7. The predicted octanol–water partition coefficient (Wildman–Crippen LogP) is 5.63. The molecule has 3 rings (SSSR count). The smallest absolute Gasteiger partial charge is 0.434 e. The maximum absolute atomic E-state index is 12.1. The van der Waals surface area contributed by atoms with Crippen molar-refractivity contribution in [1.82, 2.24) is 0 Å². The summed E-state index contributed by atoms with van der Waals surface area (Å²) in [6.45, 7) is 5.87. The molecule has 6 nitrogen and oxygen atoms in total. The molecule has 0 aliphatic carbocycles. The lowest BCUT2D eigenvalue weighted by Crippen LogP contribution is -2.12. The average molecular weight is 382 g/mol. The third-order valence-electron chi connectivity index (χ3n) is 4.29. The van der Waals surface area contributed by atoms with Crippen LogP contribution in [0, 0.1) is 0 Å². The van der Waals surface area contributed by atoms with Crippen molar-refractivity contribution in [1.29, 1.82) is 0 Å². The number of aryl methyl sites for hydroxylation is 1. The highest BCUT2D eigenvalue weighted by Gasteiger charge is 2.21. The molecule has 0 atom stereocenters. The summed E-state index contributed by atoms with van der Waals surface area (Å²) in [4.78, 5) is 24.1. The molecule has 0 N–H and O–H groups in total. The third kappa shape index (κ3) is 3.86. The molecule has 0 amide bonds. The average Bonchev–Trinajstić information content (AvgIpc) is 2.70. The van der Waals surface area contributed by atoms with E-state index in [0.29, 0.717) is 33.0 Å². The molecule has 0 fully saturated rings. The van der Waals surface area contributed by atoms with Crippen LogP contribution in [0.15, 0.2) is 42.5 Å². The lowest BCUT2D eigenvalue weighted by atomic mass is 9.98. The van der Waals surface area contributed by atoms with Crippen LogP contribution in [-0.4, -0.2) is 25.5 Å². The second-order valence-electron chi connectivity index (χ2n) is 6.01. The molecule has 0 spiro atoms. The molecule has 6 heteroatoms. The summed E-state index contributed by atoms with van der Waals surface area (Å²) in [5.74, 6) is 0.735. The van der Waals surface area contributed by atoms with Crippen LogP contribution in [0.5, 0.6) is 11.5 Å². The van der Waals surface area contributed by atoms with E-state index in [-0.39, 0.29) is 13.2 Å². The van der Waals surface area contributed by atoms with Gasteiger partial charge >= 0.3 is 12.3 Å². The lowest BCUT2D eigenvalue weighted by molar-refractivity contribution is 0.103. The monoisotopic (exact) mass is 382 g/mol. The van der Waals surface area contributed by atoms with Crippen molar-refractivity contribution in [3.8, 4) is 11.5 Å². The highest BCUT2D eigenvalue weighted by atomic mass is 16.7. The number of hydrogen-bond acceptors (Lipinski definition) is 6. The van der Waals surface area contributed by atoms with Gasteiger partial charge in [-0.05, 0) is 31.9 Å². The van der Waals surface area contributed by atoms with E-state index in [1.807, 2.05) is 37.3 Å². The number of carbonyl (C=O) groups excluding carboxylic acids is 2. The molecule has 28 heavy (non-hydrogen) atoms. The van der Waals surface area contributed by atoms with E-state index < -0.39 is 12.3 Å². The third-order valence-corrected chi connectivity index (χ3v) is 4.29. The van der Waals surface area contributed by atoms with Gasteiger partial charge in [0.25, 0.3) is 0 Å². The van der Waals surface area contributed by atoms with Crippen LogP contribution >= 0.6 is 0 Å². The maximum atomic E-state index is 12.1. The molecule has 0 aliphatic rings. The van der Waals surface area contributed by atoms with Crippen molar-refractivity contribution in [2.24, 2.45) is 0 Å². The summed E-state index contributed by atoms with van der Waals surface area (Å²) in [6.07, 6.45) is -0.766. The van der Waals surface area contributed by atoms with E-state index in [4.69, 9.17) is 18.9 Å². The minimum absolute atomic E-state index is 0.207. The van der Waals surface area contributed by atoms with E-state index in [2.05, 4.69) is 0 Å². The van der Waals surface area contributed by atoms with E-state index in [0.717, 1.165) is 12.0 Å². The standard InChI is InChI=1S/C22H22O6/c1-4-14-11-12-17-18(13-14)20(28-22(24)26-6-3)16-10-8-7-9-15(16)19(17)27-21(23)25-5-2/h7-13H,4-6H2,1-3H3. The van der Waals surface area contributed by atoms with Crippen molar-refractivity contribution in [2.45, 2.75) is 27.2 Å². The SMILES string of the molecule is CCOC(=O)Oc1c2ccccc2c(OC(=O)OCC)c2cc(CC)ccc12. The van der Waals surface area contributed by atoms with Gasteiger partial charge in [0.2, 0.25) is 0 Å². The van der Waals surface area contributed by atoms with Gasteiger partial charge in [-0.15, -0.1) is 0 Å². The quantitative estimate of drug-likeness (QED) is 0.324. The van der Waals surface area contributed by atoms with Gasteiger partial charge in [0, 0.05) is 21.5 Å². The zero-order chi connectivity index (χ0) is 20.1. The molecular weight excluding hydrogens is 360 g/mol. The first-order valence-corrected chi connectivity index (χ1v) is 9.25. The molecule has 0 radical (unpaired) electrons. The minimum atomic E-state index is -0.785. The van der Waals surface area contributed by atoms with Crippen LogP contribution in [0.3, 0.4) is 0 Å². The van der Waals surface area contributed by atoms with Gasteiger partial charge in [0.05, 0.1) is 13.2 Å². The van der Waals surface area contributed by atoms with E-state index in [9.17, 15) is 9.59 Å². The number of hydrogen-bond donors (Lipinski definition) is 0. The summed E-state index contributed by atoms with van der Waals surface area (Å²) >= 11 is 0. The Kier molecular flexibility index (Phi) is 5.99. The van der Waals surface area contributed by atoms with Gasteiger partial charge in [-0.25, -0.2) is 9.59 Å². The predicted molar refractivity (Wildman–Crippen MR) is 106 cm³/mol. The summed E-state index contributed by atoms with van der Waals surface area (Å²) in [6, 6.07) is 13.0. The Balaban J connectivity index is 2.30. The van der Waals surface area contributed by atoms with Crippen molar-refractivity contribution >= 4 is 33.9 Å². The zero-order valence-corrected chi connectivity index (χ0v) is 16.1. The Labute approximate surface area is 162 Å². The lowest BCUT2D eigenvalue weighted by Gasteiger charge is -2.16. The van der Waals surface area contributed by atoms with Gasteiger partial charge in [-0.3, -0.25) is 0 Å². The fourth-order valence-corrected chi connectivity index (χ4v) is 3.05. The fraction of sp³-hybridized carbons (Fsp3) is 0.273. The summed E-state index contributed by atoms with van der Waals surface area (Å²) in [7, 11) is 0. The van der Waals surface area contributed by atoms with Crippen molar-refractivity contribution in [3.05, 3.63) is 48.0 Å². The molecule has 3 aromatic carbocycles. The molecule has 0 bridgehead atoms. The topological polar surface area (TPSA) is 71.1 Å². The van der Waals surface area contributed by atoms with Crippen molar-refractivity contribution in [2.75, 3.05) is 13.2 Å². The molecule has 0 saturated heterocycles. The zero-order valence-electron chi connectivity index (χ0n) is 16.1. The van der Waals surface area contributed by atoms with Crippen LogP contribution in [0.1, 0.15) is 26.3 Å². The van der Waals surface area contributed by atoms with Crippen molar-refractivity contribution in [3.63, 3.8) is 0 Å². The first kappa shape index (κ1) is 19.5. The molecule has 0 unspecified atom stereocenters. The Morgan fingerprint density at radius 1 is 0.714 bits per heavy atom. The van der Waals surface area contributed by atoms with Gasteiger partial charge in [0.15, 0.2) is 0 Å². The Bertz CT molecular complexity index is 1020. The Morgan fingerprint density at radius 3 is 1.71 bits per heavy atom. The highest BCUT2D eigenvalue weighted by molar-refractivity contribution is 6.12. The molecule has 3 aromatic rings. The largest absolute Gasteiger partial charge is 0.513 e. The molecular formula is C22H22O6. The number of benzene rings is 3. The molecule has 0 aliphatic heterocycles. The number of carbonyl (C=O) groups is 2. The first-order valence-electron chi connectivity index (χ1n) is 9.25. The van der Waals surface area contributed by atoms with Gasteiger partial charge < -0.3 is 18.9 Å². The fourth-order valence-electron chi connectivity index (χ4n) is 3.05. The Morgan fingerprint density at radius 2 is 1.21 bits per heavy atom. The maximum Gasteiger partial charge on any atom is 0.513 e. The van der Waals surface area contributed by atoms with E-state index in [1.165, 1.54) is 0 Å². The van der Waals surface area contributed by atoms with E-state index in [1.54, 1.807) is 26.0 Å². The molecule has 0 aromatic heterocycles. The summed E-state index contributed by atoms with van der Waals surface area (Å²) < 4.78 is 21.0. The molecule has 0 saturated carbocycles. The number of fused-ring (bicyclic) bond motifs is 2. The first-order chi connectivity index (χ1) is 13.6. The Hall–Kier alpha value is -3.28. The van der Waals surface area contributed by atoms with Crippen LogP contribution < -0.4 is 9.47 Å². The van der Waals surface area contributed by atoms with Gasteiger partial charge in [-0.2, -0.15) is 0 Å². The van der Waals surface area contributed by atoms with E-state index >= 15 is 0 Å². The van der Waals surface area contributed by atoms with Gasteiger partial charge in [-0.1, -0.05) is 43.3 Å². The highest BCUT2D eigenvalue weighted by Crippen LogP contribution is 2.43. The molecule has 146 valence electrons. The second kappa shape index (κ2) is 8.61. The second-order valence-corrected chi connectivity index (χ2v) is 6.01. The van der Waals surface area contributed by atoms with Crippen LogP contribution in [0.2, 0.25) is 0 Å². The van der Waals surface area contributed by atoms with Crippen LogP contribution in [-0.2, 0) is 15.9 Å². The van der Waals surface area contributed by atoms with Crippen molar-refractivity contribution < 1.29 is 28.5 Å². The molecule has 0 heterocycles. The summed E-state index contributed by atoms with van der Waals surface area (Å²) in [5.41, 5.74) is 1.05. The minimum Gasteiger partial charge on any atom is -0.434 e. The summed E-state index contributed by atoms with van der Waals surface area (Å²) in [5, 5.41) is 2.57. The van der Waals surface area contributed by atoms with Crippen LogP contribution in [0.4, 0.5) is 9.59 Å². The number of rotatable bonds is 5.